The molecule has 2 aromatic rings. The lowest BCUT2D eigenvalue weighted by molar-refractivity contribution is 0.627. The number of anilines is 1. The second-order valence-corrected chi connectivity index (χ2v) is 3.78. The molecule has 17 heavy (non-hydrogen) atoms. The summed E-state index contributed by atoms with van der Waals surface area (Å²) in [6, 6.07) is 4.37. The first-order chi connectivity index (χ1) is 8.16. The third-order valence-electron chi connectivity index (χ3n) is 2.15. The number of aromatic nitrogens is 2. The molecule has 2 N–H and O–H groups in total. The van der Waals surface area contributed by atoms with Crippen molar-refractivity contribution in [3.8, 4) is 0 Å². The lowest BCUT2D eigenvalue weighted by Crippen LogP contribution is -2.15. The van der Waals surface area contributed by atoms with Crippen molar-refractivity contribution in [2.45, 2.75) is 6.54 Å². The number of hydrogen-bond donors (Lipinski definition) is 2. The van der Waals surface area contributed by atoms with Gasteiger partial charge in [0.1, 0.15) is 5.82 Å². The molecule has 1 aromatic heterocycles. The van der Waals surface area contributed by atoms with Crippen LogP contribution in [0.15, 0.2) is 35.4 Å². The average Bonchev–Trinajstić information content (AvgIpc) is 2.32. The van der Waals surface area contributed by atoms with Gasteiger partial charge in [-0.05, 0) is 17.7 Å². The highest BCUT2D eigenvalue weighted by Crippen LogP contribution is 2.16. The maximum atomic E-state index is 12.9. The van der Waals surface area contributed by atoms with Crippen LogP contribution in [-0.2, 0) is 6.54 Å². The van der Waals surface area contributed by atoms with Crippen molar-refractivity contribution in [1.29, 1.82) is 0 Å². The Morgan fingerprint density at radius 3 is 3.00 bits per heavy atom. The molecule has 0 amide bonds. The second kappa shape index (κ2) is 4.97. The van der Waals surface area contributed by atoms with Crippen molar-refractivity contribution in [2.24, 2.45) is 0 Å². The zero-order valence-electron chi connectivity index (χ0n) is 8.71. The lowest BCUT2D eigenvalue weighted by Gasteiger charge is -2.05. The maximum absolute atomic E-state index is 12.9. The molecule has 0 aliphatic heterocycles. The molecule has 6 heteroatoms. The zero-order valence-corrected chi connectivity index (χ0v) is 9.46. The number of H-pyrrole nitrogens is 1. The van der Waals surface area contributed by atoms with Gasteiger partial charge >= 0.3 is 0 Å². The first-order valence-corrected chi connectivity index (χ1v) is 5.26. The van der Waals surface area contributed by atoms with Gasteiger partial charge in [-0.1, -0.05) is 17.7 Å². The van der Waals surface area contributed by atoms with Gasteiger partial charge in [-0.3, -0.25) is 4.79 Å². The van der Waals surface area contributed by atoms with E-state index in [1.54, 1.807) is 6.07 Å². The van der Waals surface area contributed by atoms with Crippen LogP contribution in [0.25, 0.3) is 0 Å². The van der Waals surface area contributed by atoms with Crippen LogP contribution in [0.3, 0.4) is 0 Å². The molecule has 0 saturated carbocycles. The van der Waals surface area contributed by atoms with Gasteiger partial charge in [-0.15, -0.1) is 0 Å². The van der Waals surface area contributed by atoms with Crippen molar-refractivity contribution in [3.63, 3.8) is 0 Å². The molecule has 2 rings (SSSR count). The molecule has 0 atom stereocenters. The van der Waals surface area contributed by atoms with E-state index in [4.69, 9.17) is 11.6 Å². The molecule has 0 unspecified atom stereocenters. The number of hydrogen-bond acceptors (Lipinski definition) is 3. The Bertz CT molecular complexity index is 585. The number of nitrogens with one attached hydrogen (secondary N) is 2. The Kier molecular flexibility index (Phi) is 3.39. The normalized spacial score (nSPS) is 10.2. The van der Waals surface area contributed by atoms with Crippen molar-refractivity contribution in [1.82, 2.24) is 9.97 Å². The van der Waals surface area contributed by atoms with Crippen molar-refractivity contribution >= 4 is 17.4 Å². The van der Waals surface area contributed by atoms with Gasteiger partial charge in [0.2, 0.25) is 0 Å². The molecule has 0 fully saturated rings. The van der Waals surface area contributed by atoms with Crippen LogP contribution in [-0.4, -0.2) is 9.97 Å². The van der Waals surface area contributed by atoms with Crippen LogP contribution in [0, 0.1) is 5.82 Å². The number of benzene rings is 1. The van der Waals surface area contributed by atoms with E-state index < -0.39 is 5.82 Å². The van der Waals surface area contributed by atoms with Crippen LogP contribution in [0.2, 0.25) is 5.02 Å². The molecule has 1 heterocycles. The molecule has 0 bridgehead atoms. The van der Waals surface area contributed by atoms with Gasteiger partial charge < -0.3 is 10.3 Å². The molecule has 88 valence electrons. The van der Waals surface area contributed by atoms with E-state index in [1.165, 1.54) is 24.5 Å². The number of nitrogens with zero attached hydrogens (tertiary/aromatic N) is 1. The number of rotatable bonds is 3. The minimum absolute atomic E-state index is 0.0548. The fraction of sp³-hybridized carbons (Fsp3) is 0.0909. The Morgan fingerprint density at radius 1 is 1.47 bits per heavy atom. The minimum Gasteiger partial charge on any atom is -0.361 e. The third kappa shape index (κ3) is 2.82. The highest BCUT2D eigenvalue weighted by atomic mass is 35.5. The molecule has 1 aromatic carbocycles. The average molecular weight is 254 g/mol. The summed E-state index contributed by atoms with van der Waals surface area (Å²) in [6.07, 6.45) is 2.92. The highest BCUT2D eigenvalue weighted by Gasteiger charge is 2.02. The van der Waals surface area contributed by atoms with E-state index in [0.29, 0.717) is 6.54 Å². The number of aromatic amines is 1. The van der Waals surface area contributed by atoms with Crippen molar-refractivity contribution in [3.05, 3.63) is 57.3 Å². The maximum Gasteiger partial charge on any atom is 0.290 e. The monoisotopic (exact) mass is 253 g/mol. The predicted octanol–water partition coefficient (Wildman–Crippen LogP) is 2.17. The summed E-state index contributed by atoms with van der Waals surface area (Å²) < 4.78 is 12.9. The molecule has 0 aliphatic carbocycles. The van der Waals surface area contributed by atoms with Crippen LogP contribution < -0.4 is 10.9 Å². The van der Waals surface area contributed by atoms with Gasteiger partial charge in [0.25, 0.3) is 5.56 Å². The highest BCUT2D eigenvalue weighted by molar-refractivity contribution is 6.30. The Balaban J connectivity index is 2.10. The summed E-state index contributed by atoms with van der Waals surface area (Å²) in [4.78, 5) is 17.7. The first-order valence-electron chi connectivity index (χ1n) is 4.88. The largest absolute Gasteiger partial charge is 0.361 e. The molecular formula is C11H9ClFN3O. The number of halogens is 2. The molecular weight excluding hydrogens is 245 g/mol. The summed E-state index contributed by atoms with van der Waals surface area (Å²) in [5.41, 5.74) is 0.460. The van der Waals surface area contributed by atoms with Gasteiger partial charge in [0.05, 0.1) is 5.02 Å². The van der Waals surface area contributed by atoms with Crippen LogP contribution in [0.5, 0.6) is 0 Å². The molecule has 0 radical (unpaired) electrons. The topological polar surface area (TPSA) is 57.8 Å². The van der Waals surface area contributed by atoms with E-state index in [0.717, 1.165) is 5.56 Å². The van der Waals surface area contributed by atoms with Crippen LogP contribution in [0.1, 0.15) is 5.56 Å². The van der Waals surface area contributed by atoms with Crippen LogP contribution >= 0.6 is 11.6 Å². The standard InChI is InChI=1S/C11H9ClFN3O/c12-8-5-7(1-2-9(8)13)6-16-10-11(17)15-4-3-14-10/h1-5H,6H2,(H,14,16)(H,15,17). The van der Waals surface area contributed by atoms with E-state index in [2.05, 4.69) is 15.3 Å². The van der Waals surface area contributed by atoms with Gasteiger partial charge in [-0.25, -0.2) is 9.37 Å². The SMILES string of the molecule is O=c1[nH]ccnc1NCc1ccc(F)c(Cl)c1. The summed E-state index contributed by atoms with van der Waals surface area (Å²) in [6.45, 7) is 0.347. The Labute approximate surface area is 101 Å². The smallest absolute Gasteiger partial charge is 0.290 e. The summed E-state index contributed by atoms with van der Waals surface area (Å²) in [5, 5.41) is 2.89. The fourth-order valence-electron chi connectivity index (χ4n) is 1.31. The fourth-order valence-corrected chi connectivity index (χ4v) is 1.52. The summed E-state index contributed by atoms with van der Waals surface area (Å²) in [5.74, 6) is -0.251. The van der Waals surface area contributed by atoms with E-state index >= 15 is 0 Å². The van der Waals surface area contributed by atoms with E-state index in [1.807, 2.05) is 0 Å². The van der Waals surface area contributed by atoms with E-state index in [9.17, 15) is 9.18 Å². The van der Waals surface area contributed by atoms with Crippen molar-refractivity contribution < 1.29 is 4.39 Å². The Hall–Kier alpha value is -1.88. The summed E-state index contributed by atoms with van der Waals surface area (Å²) >= 11 is 5.64. The quantitative estimate of drug-likeness (QED) is 0.881. The summed E-state index contributed by atoms with van der Waals surface area (Å²) in [7, 11) is 0. The van der Waals surface area contributed by atoms with Gasteiger partial charge in [0, 0.05) is 18.9 Å². The molecule has 4 nitrogen and oxygen atoms in total. The lowest BCUT2D eigenvalue weighted by atomic mass is 10.2. The van der Waals surface area contributed by atoms with E-state index in [-0.39, 0.29) is 16.4 Å². The third-order valence-corrected chi connectivity index (χ3v) is 2.44. The van der Waals surface area contributed by atoms with Gasteiger partial charge in [-0.2, -0.15) is 0 Å². The zero-order chi connectivity index (χ0) is 12.3. The second-order valence-electron chi connectivity index (χ2n) is 3.37. The minimum atomic E-state index is -0.467. The Morgan fingerprint density at radius 2 is 2.29 bits per heavy atom. The predicted molar refractivity (Wildman–Crippen MR) is 63.6 cm³/mol. The van der Waals surface area contributed by atoms with Gasteiger partial charge in [0.15, 0.2) is 5.82 Å². The first kappa shape index (κ1) is 11.6. The van der Waals surface area contributed by atoms with Crippen molar-refractivity contribution in [2.75, 3.05) is 5.32 Å². The van der Waals surface area contributed by atoms with Crippen LogP contribution in [0.4, 0.5) is 10.2 Å². The molecule has 0 aliphatic rings. The molecule has 0 saturated heterocycles. The molecule has 0 spiro atoms.